The van der Waals surface area contributed by atoms with Crippen molar-refractivity contribution in [3.05, 3.63) is 28.2 Å². The van der Waals surface area contributed by atoms with Gasteiger partial charge in [-0.25, -0.2) is 4.79 Å². The zero-order valence-electron chi connectivity index (χ0n) is 10.1. The normalized spacial score (nSPS) is 13.8. The number of aryl methyl sites for hydroxylation is 1. The Bertz CT molecular complexity index is 487. The molecule has 0 bridgehead atoms. The summed E-state index contributed by atoms with van der Waals surface area (Å²) in [6.45, 7) is 3.52. The molecule has 0 aliphatic carbocycles. The molecular formula is C12H15BrN4O. The number of para-hydroxylation sites is 1. The number of carbonyl (C=O) groups excluding carboxylic acids is 1. The highest BCUT2D eigenvalue weighted by Crippen LogP contribution is 2.26. The molecule has 2 rings (SSSR count). The molecule has 2 amide bonds. The van der Waals surface area contributed by atoms with E-state index in [1.165, 1.54) is 0 Å². The number of hydrogen-bond donors (Lipinski definition) is 3. The number of nitrogens with one attached hydrogen (secondary N) is 3. The summed E-state index contributed by atoms with van der Waals surface area (Å²) in [6.07, 6.45) is 0.855. The van der Waals surface area contributed by atoms with Crippen LogP contribution in [0.5, 0.6) is 0 Å². The first kappa shape index (κ1) is 12.9. The van der Waals surface area contributed by atoms with Crippen LogP contribution >= 0.6 is 15.9 Å². The van der Waals surface area contributed by atoms with Crippen LogP contribution in [0.4, 0.5) is 10.5 Å². The quantitative estimate of drug-likeness (QED) is 0.783. The predicted molar refractivity (Wildman–Crippen MR) is 76.0 cm³/mol. The highest BCUT2D eigenvalue weighted by molar-refractivity contribution is 9.10. The van der Waals surface area contributed by atoms with Gasteiger partial charge in [-0.2, -0.15) is 0 Å². The molecule has 3 N–H and O–H groups in total. The molecule has 0 atom stereocenters. The van der Waals surface area contributed by atoms with Crippen molar-refractivity contribution in [3.63, 3.8) is 0 Å². The van der Waals surface area contributed by atoms with Crippen LogP contribution in [0.15, 0.2) is 27.7 Å². The third-order valence-electron chi connectivity index (χ3n) is 2.63. The number of halogens is 1. The number of nitrogens with zero attached hydrogens (tertiary/aromatic N) is 1. The van der Waals surface area contributed by atoms with Crippen molar-refractivity contribution < 1.29 is 4.79 Å². The van der Waals surface area contributed by atoms with Crippen LogP contribution in [-0.2, 0) is 6.42 Å². The van der Waals surface area contributed by atoms with E-state index in [9.17, 15) is 4.79 Å². The Morgan fingerprint density at radius 3 is 3.00 bits per heavy atom. The third kappa shape index (κ3) is 3.01. The van der Waals surface area contributed by atoms with Gasteiger partial charge in [-0.05, 0) is 34.0 Å². The molecule has 0 saturated heterocycles. The number of hydrogen-bond acceptors (Lipinski definition) is 3. The lowest BCUT2D eigenvalue weighted by molar-refractivity contribution is 0.256. The zero-order chi connectivity index (χ0) is 13.0. The molecule has 0 aromatic heterocycles. The van der Waals surface area contributed by atoms with Gasteiger partial charge in [-0.15, -0.1) is 0 Å². The zero-order valence-corrected chi connectivity index (χ0v) is 11.7. The monoisotopic (exact) mass is 310 g/mol. The minimum absolute atomic E-state index is 0.287. The summed E-state index contributed by atoms with van der Waals surface area (Å²) in [5, 5.41) is 8.50. The lowest BCUT2D eigenvalue weighted by Gasteiger charge is -2.12. The fraction of sp³-hybridized carbons (Fsp3) is 0.333. The van der Waals surface area contributed by atoms with Crippen LogP contribution < -0.4 is 16.0 Å². The van der Waals surface area contributed by atoms with Crippen molar-refractivity contribution in [1.29, 1.82) is 0 Å². The molecule has 0 unspecified atom stereocenters. The van der Waals surface area contributed by atoms with Crippen molar-refractivity contribution in [2.75, 3.05) is 18.4 Å². The molecule has 0 radical (unpaired) electrons. The summed E-state index contributed by atoms with van der Waals surface area (Å²) in [5.74, 6) is 0.526. The van der Waals surface area contributed by atoms with E-state index in [2.05, 4.69) is 36.9 Å². The second-order valence-corrected chi connectivity index (χ2v) is 4.72. The van der Waals surface area contributed by atoms with Crippen LogP contribution in [-0.4, -0.2) is 25.1 Å². The Hall–Kier alpha value is -1.56. The number of benzene rings is 1. The van der Waals surface area contributed by atoms with Crippen molar-refractivity contribution in [2.24, 2.45) is 4.99 Å². The molecule has 0 spiro atoms. The van der Waals surface area contributed by atoms with Crippen LogP contribution in [0.3, 0.4) is 0 Å². The maximum atomic E-state index is 11.8. The average molecular weight is 311 g/mol. The van der Waals surface area contributed by atoms with Gasteiger partial charge in [0.25, 0.3) is 0 Å². The van der Waals surface area contributed by atoms with E-state index in [0.717, 1.165) is 28.7 Å². The molecule has 1 aromatic carbocycles. The van der Waals surface area contributed by atoms with E-state index in [1.54, 1.807) is 0 Å². The Labute approximate surface area is 114 Å². The van der Waals surface area contributed by atoms with Crippen LogP contribution in [0.1, 0.15) is 12.5 Å². The maximum Gasteiger partial charge on any atom is 0.326 e. The number of carbonyl (C=O) groups is 1. The highest BCUT2D eigenvalue weighted by atomic mass is 79.9. The maximum absolute atomic E-state index is 11.8. The van der Waals surface area contributed by atoms with Gasteiger partial charge in [-0.1, -0.05) is 19.1 Å². The summed E-state index contributed by atoms with van der Waals surface area (Å²) in [4.78, 5) is 15.9. The summed E-state index contributed by atoms with van der Waals surface area (Å²) in [6, 6.07) is 5.56. The molecule has 1 heterocycles. The van der Waals surface area contributed by atoms with Gasteiger partial charge in [0.2, 0.25) is 0 Å². The van der Waals surface area contributed by atoms with Gasteiger partial charge in [0, 0.05) is 11.0 Å². The van der Waals surface area contributed by atoms with E-state index in [0.29, 0.717) is 12.5 Å². The second-order valence-electron chi connectivity index (χ2n) is 3.86. The van der Waals surface area contributed by atoms with Crippen LogP contribution in [0.25, 0.3) is 0 Å². The third-order valence-corrected chi connectivity index (χ3v) is 3.29. The number of anilines is 1. The van der Waals surface area contributed by atoms with Crippen molar-refractivity contribution in [2.45, 2.75) is 13.3 Å². The van der Waals surface area contributed by atoms with E-state index in [1.807, 2.05) is 25.1 Å². The molecule has 1 aliphatic heterocycles. The average Bonchev–Trinajstić information content (AvgIpc) is 2.84. The molecule has 0 fully saturated rings. The fourth-order valence-corrected chi connectivity index (χ4v) is 2.24. The minimum Gasteiger partial charge on any atom is -0.354 e. The van der Waals surface area contributed by atoms with Gasteiger partial charge in [0.15, 0.2) is 5.96 Å². The standard InChI is InChI=1S/C12H15BrN4O/c1-2-8-4-3-5-9(13)10(8)16-12(18)17-11-14-6-7-15-11/h3-5H,2,6-7H2,1H3,(H3,14,15,16,17,18). The fourth-order valence-electron chi connectivity index (χ4n) is 1.74. The molecule has 1 aliphatic rings. The number of guanidine groups is 1. The number of aliphatic imine (C=N–C) groups is 1. The number of rotatable bonds is 2. The summed E-state index contributed by atoms with van der Waals surface area (Å²) in [7, 11) is 0. The smallest absolute Gasteiger partial charge is 0.326 e. The molecule has 6 heteroatoms. The molecule has 5 nitrogen and oxygen atoms in total. The second kappa shape index (κ2) is 5.86. The van der Waals surface area contributed by atoms with Crippen molar-refractivity contribution in [1.82, 2.24) is 10.6 Å². The first-order valence-electron chi connectivity index (χ1n) is 5.84. The van der Waals surface area contributed by atoms with Crippen molar-refractivity contribution >= 4 is 33.6 Å². The van der Waals surface area contributed by atoms with Gasteiger partial charge in [0.05, 0.1) is 12.2 Å². The van der Waals surface area contributed by atoms with Gasteiger partial charge in [0.1, 0.15) is 0 Å². The first-order chi connectivity index (χ1) is 8.70. The van der Waals surface area contributed by atoms with Gasteiger partial charge >= 0.3 is 6.03 Å². The molecule has 96 valence electrons. The molecule has 18 heavy (non-hydrogen) atoms. The minimum atomic E-state index is -0.287. The Balaban J connectivity index is 2.06. The van der Waals surface area contributed by atoms with E-state index >= 15 is 0 Å². The Morgan fingerprint density at radius 2 is 2.33 bits per heavy atom. The SMILES string of the molecule is CCc1cccc(Br)c1NC(=O)NC1=NCCN1. The molecular weight excluding hydrogens is 296 g/mol. The summed E-state index contributed by atoms with van der Waals surface area (Å²) in [5.41, 5.74) is 1.89. The lowest BCUT2D eigenvalue weighted by Crippen LogP contribution is -2.40. The number of urea groups is 1. The van der Waals surface area contributed by atoms with Gasteiger partial charge in [-0.3, -0.25) is 10.3 Å². The lowest BCUT2D eigenvalue weighted by atomic mass is 10.1. The topological polar surface area (TPSA) is 65.5 Å². The van der Waals surface area contributed by atoms with E-state index in [4.69, 9.17) is 0 Å². The molecule has 0 saturated carbocycles. The highest BCUT2D eigenvalue weighted by Gasteiger charge is 2.12. The first-order valence-corrected chi connectivity index (χ1v) is 6.63. The largest absolute Gasteiger partial charge is 0.354 e. The Morgan fingerprint density at radius 1 is 1.50 bits per heavy atom. The van der Waals surface area contributed by atoms with Crippen molar-refractivity contribution in [3.8, 4) is 0 Å². The van der Waals surface area contributed by atoms with Crippen LogP contribution in [0.2, 0.25) is 0 Å². The number of amides is 2. The van der Waals surface area contributed by atoms with Crippen LogP contribution in [0, 0.1) is 0 Å². The summed E-state index contributed by atoms with van der Waals surface area (Å²) < 4.78 is 0.873. The predicted octanol–water partition coefficient (Wildman–Crippen LogP) is 2.09. The Kier molecular flexibility index (Phi) is 4.19. The van der Waals surface area contributed by atoms with Gasteiger partial charge < -0.3 is 10.6 Å². The van der Waals surface area contributed by atoms with E-state index in [-0.39, 0.29) is 6.03 Å². The summed E-state index contributed by atoms with van der Waals surface area (Å²) >= 11 is 3.44. The molecule has 1 aromatic rings. The van der Waals surface area contributed by atoms with E-state index < -0.39 is 0 Å².